The number of amides is 1. The van der Waals surface area contributed by atoms with Crippen molar-refractivity contribution in [2.75, 3.05) is 13.7 Å². The lowest BCUT2D eigenvalue weighted by atomic mass is 9.82. The van der Waals surface area contributed by atoms with Gasteiger partial charge in [-0.1, -0.05) is 30.3 Å². The van der Waals surface area contributed by atoms with E-state index in [-0.39, 0.29) is 12.2 Å². The predicted molar refractivity (Wildman–Crippen MR) is 124 cm³/mol. The first-order valence-electron chi connectivity index (χ1n) is 11.3. The molecule has 5 nitrogen and oxygen atoms in total. The first kappa shape index (κ1) is 20.7. The molecule has 1 saturated heterocycles. The highest BCUT2D eigenvalue weighted by atomic mass is 16.6. The second-order valence-electron chi connectivity index (χ2n) is 9.12. The zero-order valence-corrected chi connectivity index (χ0v) is 18.6. The molecule has 3 aromatic rings. The summed E-state index contributed by atoms with van der Waals surface area (Å²) in [7, 11) is 1.70. The SMILES string of the molecule is COc1ccc(C2CCC(Oc3ccc4cc([C@]5(C)COC(=O)N5)ccc4c3)CC2)cc1. The highest BCUT2D eigenvalue weighted by Crippen LogP contribution is 2.36. The van der Waals surface area contributed by atoms with Gasteiger partial charge in [0.25, 0.3) is 0 Å². The van der Waals surface area contributed by atoms with Crippen molar-refractivity contribution in [1.82, 2.24) is 5.32 Å². The van der Waals surface area contributed by atoms with Crippen LogP contribution in [-0.2, 0) is 10.3 Å². The van der Waals surface area contributed by atoms with Crippen molar-refractivity contribution in [1.29, 1.82) is 0 Å². The lowest BCUT2D eigenvalue weighted by molar-refractivity contribution is 0.146. The molecule has 3 aromatic carbocycles. The maximum absolute atomic E-state index is 11.5. The largest absolute Gasteiger partial charge is 0.497 e. The third-order valence-electron chi connectivity index (χ3n) is 6.88. The van der Waals surface area contributed by atoms with Gasteiger partial charge in [-0.15, -0.1) is 0 Å². The van der Waals surface area contributed by atoms with Crippen LogP contribution in [0.15, 0.2) is 60.7 Å². The van der Waals surface area contributed by atoms with Crippen molar-refractivity contribution in [2.45, 2.75) is 50.2 Å². The molecule has 5 rings (SSSR count). The van der Waals surface area contributed by atoms with Gasteiger partial charge in [-0.2, -0.15) is 0 Å². The summed E-state index contributed by atoms with van der Waals surface area (Å²) in [5.74, 6) is 2.42. The topological polar surface area (TPSA) is 56.8 Å². The minimum atomic E-state index is -0.483. The minimum absolute atomic E-state index is 0.256. The van der Waals surface area contributed by atoms with E-state index in [4.69, 9.17) is 14.2 Å². The van der Waals surface area contributed by atoms with Crippen molar-refractivity contribution in [3.05, 3.63) is 71.8 Å². The number of fused-ring (bicyclic) bond motifs is 1. The van der Waals surface area contributed by atoms with Crippen molar-refractivity contribution < 1.29 is 19.0 Å². The van der Waals surface area contributed by atoms with Crippen molar-refractivity contribution in [3.63, 3.8) is 0 Å². The Balaban J connectivity index is 1.23. The molecule has 32 heavy (non-hydrogen) atoms. The summed E-state index contributed by atoms with van der Waals surface area (Å²) in [6, 6.07) is 21.0. The van der Waals surface area contributed by atoms with Crippen LogP contribution in [0.3, 0.4) is 0 Å². The molecule has 0 radical (unpaired) electrons. The Morgan fingerprint density at radius 2 is 1.59 bits per heavy atom. The fourth-order valence-corrected chi connectivity index (χ4v) is 4.89. The maximum Gasteiger partial charge on any atom is 0.408 e. The van der Waals surface area contributed by atoms with E-state index in [0.717, 1.165) is 53.5 Å². The van der Waals surface area contributed by atoms with Gasteiger partial charge in [-0.05, 0) is 90.8 Å². The quantitative estimate of drug-likeness (QED) is 0.546. The van der Waals surface area contributed by atoms with E-state index in [1.54, 1.807) is 7.11 Å². The molecule has 1 heterocycles. The zero-order valence-electron chi connectivity index (χ0n) is 18.6. The molecule has 2 fully saturated rings. The third-order valence-corrected chi connectivity index (χ3v) is 6.88. The van der Waals surface area contributed by atoms with Gasteiger partial charge >= 0.3 is 6.09 Å². The van der Waals surface area contributed by atoms with Crippen LogP contribution in [0.5, 0.6) is 11.5 Å². The van der Waals surface area contributed by atoms with Crippen LogP contribution in [0.1, 0.15) is 49.7 Å². The van der Waals surface area contributed by atoms with Gasteiger partial charge in [0.2, 0.25) is 0 Å². The highest BCUT2D eigenvalue weighted by Gasteiger charge is 2.36. The van der Waals surface area contributed by atoms with Crippen molar-refractivity contribution in [2.24, 2.45) is 0 Å². The number of benzene rings is 3. The lowest BCUT2D eigenvalue weighted by Crippen LogP contribution is -2.37. The van der Waals surface area contributed by atoms with Crippen LogP contribution >= 0.6 is 0 Å². The Hall–Kier alpha value is -3.21. The van der Waals surface area contributed by atoms with Crippen LogP contribution in [-0.4, -0.2) is 25.9 Å². The molecule has 0 spiro atoms. The zero-order chi connectivity index (χ0) is 22.1. The minimum Gasteiger partial charge on any atom is -0.497 e. The average molecular weight is 432 g/mol. The molecule has 1 atom stereocenters. The molecule has 1 aliphatic carbocycles. The van der Waals surface area contributed by atoms with Gasteiger partial charge in [0, 0.05) is 0 Å². The second-order valence-corrected chi connectivity index (χ2v) is 9.12. The first-order chi connectivity index (χ1) is 15.5. The van der Waals surface area contributed by atoms with Crippen LogP contribution in [0, 0.1) is 0 Å². The number of rotatable bonds is 5. The molecule has 1 aliphatic heterocycles. The fraction of sp³-hybridized carbons (Fsp3) is 0.370. The molecule has 1 saturated carbocycles. The Morgan fingerprint density at radius 1 is 0.906 bits per heavy atom. The van der Waals surface area contributed by atoms with Gasteiger partial charge in [0.1, 0.15) is 18.1 Å². The first-order valence-corrected chi connectivity index (χ1v) is 11.3. The number of nitrogens with one attached hydrogen (secondary N) is 1. The van der Waals surface area contributed by atoms with Gasteiger partial charge in [0.05, 0.1) is 18.8 Å². The Morgan fingerprint density at radius 3 is 2.28 bits per heavy atom. The molecule has 1 amide bonds. The Labute approximate surface area is 188 Å². The smallest absolute Gasteiger partial charge is 0.408 e. The summed E-state index contributed by atoms with van der Waals surface area (Å²) < 4.78 is 16.7. The second kappa shape index (κ2) is 8.38. The van der Waals surface area contributed by atoms with E-state index in [2.05, 4.69) is 47.8 Å². The summed E-state index contributed by atoms with van der Waals surface area (Å²) >= 11 is 0. The van der Waals surface area contributed by atoms with Crippen molar-refractivity contribution in [3.8, 4) is 11.5 Å². The fourth-order valence-electron chi connectivity index (χ4n) is 4.89. The molecule has 0 bridgehead atoms. The van der Waals surface area contributed by atoms with Gasteiger partial charge < -0.3 is 19.5 Å². The predicted octanol–water partition coefficient (Wildman–Crippen LogP) is 5.91. The number of hydrogen-bond acceptors (Lipinski definition) is 4. The number of alkyl carbamates (subject to hydrolysis) is 1. The van der Waals surface area contributed by atoms with Gasteiger partial charge in [-0.3, -0.25) is 0 Å². The third kappa shape index (κ3) is 4.12. The molecule has 2 aliphatic rings. The van der Waals surface area contributed by atoms with Crippen LogP contribution < -0.4 is 14.8 Å². The van der Waals surface area contributed by atoms with E-state index >= 15 is 0 Å². The molecule has 0 unspecified atom stereocenters. The molecular weight excluding hydrogens is 402 g/mol. The Bertz CT molecular complexity index is 1120. The number of cyclic esters (lactones) is 1. The molecule has 5 heteroatoms. The maximum atomic E-state index is 11.5. The molecule has 0 aromatic heterocycles. The number of hydrogen-bond donors (Lipinski definition) is 1. The van der Waals surface area contributed by atoms with Crippen molar-refractivity contribution >= 4 is 16.9 Å². The van der Waals surface area contributed by atoms with E-state index in [1.165, 1.54) is 5.56 Å². The standard InChI is InChI=1S/C27H29NO4/c1-27(17-31-26(29)28-27)22-9-3-21-16-25(14-8-20(21)15-22)32-24-12-6-19(7-13-24)18-4-10-23(30-2)11-5-18/h3-5,8-11,14-16,19,24H,6-7,12-13,17H2,1-2H3,(H,28,29)/t19?,24?,27-/m0/s1. The monoisotopic (exact) mass is 431 g/mol. The lowest BCUT2D eigenvalue weighted by Gasteiger charge is -2.29. The highest BCUT2D eigenvalue weighted by molar-refractivity contribution is 5.85. The van der Waals surface area contributed by atoms with E-state index in [1.807, 2.05) is 25.1 Å². The number of carbonyl (C=O) groups is 1. The summed E-state index contributed by atoms with van der Waals surface area (Å²) in [4.78, 5) is 11.5. The average Bonchev–Trinajstić information content (AvgIpc) is 3.19. The van der Waals surface area contributed by atoms with Crippen LogP contribution in [0.25, 0.3) is 10.8 Å². The van der Waals surface area contributed by atoms with E-state index in [9.17, 15) is 4.79 Å². The van der Waals surface area contributed by atoms with E-state index < -0.39 is 5.54 Å². The number of ether oxygens (including phenoxy) is 3. The summed E-state index contributed by atoms with van der Waals surface area (Å²) in [5.41, 5.74) is 1.95. The normalized spacial score (nSPS) is 25.2. The van der Waals surface area contributed by atoms with E-state index in [0.29, 0.717) is 12.5 Å². The van der Waals surface area contributed by atoms with Gasteiger partial charge in [-0.25, -0.2) is 4.79 Å². The van der Waals surface area contributed by atoms with Crippen LogP contribution in [0.2, 0.25) is 0 Å². The summed E-state index contributed by atoms with van der Waals surface area (Å²) in [6.07, 6.45) is 4.29. The molecule has 166 valence electrons. The summed E-state index contributed by atoms with van der Waals surface area (Å²) in [5, 5.41) is 5.16. The molecule has 1 N–H and O–H groups in total. The van der Waals surface area contributed by atoms with Gasteiger partial charge in [0.15, 0.2) is 0 Å². The summed E-state index contributed by atoms with van der Waals surface area (Å²) in [6.45, 7) is 2.33. The number of carbonyl (C=O) groups excluding carboxylic acids is 1. The Kier molecular flexibility index (Phi) is 5.41. The van der Waals surface area contributed by atoms with Crippen LogP contribution in [0.4, 0.5) is 4.79 Å². The number of methoxy groups -OCH3 is 1. The molecular formula is C27H29NO4.